The predicted molar refractivity (Wildman–Crippen MR) is 56.7 cm³/mol. The molecule has 0 aliphatic rings. The number of nitrogens with two attached hydrogens (primary N) is 1. The summed E-state index contributed by atoms with van der Waals surface area (Å²) in [7, 11) is 1.49. The normalized spacial score (nSPS) is 10.1. The Balaban J connectivity index is 2.58. The van der Waals surface area contributed by atoms with Gasteiger partial charge in [-0.3, -0.25) is 9.80 Å². The molecule has 3 nitrogen and oxygen atoms in total. The summed E-state index contributed by atoms with van der Waals surface area (Å²) in [6.45, 7) is 0. The molecule has 1 aromatic rings. The van der Waals surface area contributed by atoms with Gasteiger partial charge in [-0.25, -0.2) is 10.2 Å². The summed E-state index contributed by atoms with van der Waals surface area (Å²) in [5.74, 6) is 4.63. The zero-order valence-corrected chi connectivity index (χ0v) is 9.09. The van der Waals surface area contributed by atoms with Gasteiger partial charge >= 0.3 is 0 Å². The number of carbonyl (C=O) groups excluding carboxylic acids is 1. The van der Waals surface area contributed by atoms with Gasteiger partial charge < -0.3 is 0 Å². The molecule has 1 rings (SSSR count). The smallest absolute Gasteiger partial charge is 0.236 e. The van der Waals surface area contributed by atoms with Crippen molar-refractivity contribution in [2.24, 2.45) is 5.84 Å². The third-order valence-electron chi connectivity index (χ3n) is 2.00. The molecule has 0 heterocycles. The molecule has 0 radical (unpaired) electrons. The maximum Gasteiger partial charge on any atom is 0.236 e. The van der Waals surface area contributed by atoms with Crippen molar-refractivity contribution in [3.63, 3.8) is 0 Å². The van der Waals surface area contributed by atoms with E-state index in [1.165, 1.54) is 19.2 Å². The van der Waals surface area contributed by atoms with Crippen LogP contribution in [0, 0.1) is 5.82 Å². The van der Waals surface area contributed by atoms with E-state index >= 15 is 0 Å². The van der Waals surface area contributed by atoms with E-state index in [0.29, 0.717) is 6.42 Å². The van der Waals surface area contributed by atoms with E-state index in [4.69, 9.17) is 17.4 Å². The van der Waals surface area contributed by atoms with Gasteiger partial charge in [-0.15, -0.1) is 0 Å². The Bertz CT molecular complexity index is 368. The lowest BCUT2D eigenvalue weighted by Gasteiger charge is -2.09. The molecule has 1 amide bonds. The van der Waals surface area contributed by atoms with Crippen molar-refractivity contribution in [1.82, 2.24) is 5.01 Å². The maximum atomic E-state index is 12.8. The van der Waals surface area contributed by atoms with Gasteiger partial charge in [0.15, 0.2) is 0 Å². The minimum Gasteiger partial charge on any atom is -0.284 e. The van der Waals surface area contributed by atoms with Crippen LogP contribution >= 0.6 is 11.6 Å². The lowest BCUT2D eigenvalue weighted by atomic mass is 10.1. The van der Waals surface area contributed by atoms with Crippen molar-refractivity contribution in [1.29, 1.82) is 0 Å². The first-order chi connectivity index (χ1) is 7.00. The number of aryl methyl sites for hydroxylation is 1. The quantitative estimate of drug-likeness (QED) is 0.489. The molecule has 0 aliphatic carbocycles. The second kappa shape index (κ2) is 5.09. The number of benzene rings is 1. The molecule has 82 valence electrons. The Kier molecular flexibility index (Phi) is 4.05. The summed E-state index contributed by atoms with van der Waals surface area (Å²) >= 11 is 5.60. The minimum atomic E-state index is -0.456. The third-order valence-corrected chi connectivity index (χ3v) is 2.29. The van der Waals surface area contributed by atoms with Crippen molar-refractivity contribution in [3.05, 3.63) is 34.6 Å². The number of hydrogen-bond donors (Lipinski definition) is 1. The van der Waals surface area contributed by atoms with Crippen LogP contribution in [0.4, 0.5) is 4.39 Å². The molecule has 15 heavy (non-hydrogen) atoms. The molecule has 0 unspecified atom stereocenters. The van der Waals surface area contributed by atoms with Crippen LogP contribution in [0.25, 0.3) is 0 Å². The average molecular weight is 231 g/mol. The predicted octanol–water partition coefficient (Wildman–Crippen LogP) is 1.74. The van der Waals surface area contributed by atoms with E-state index in [2.05, 4.69) is 0 Å². The summed E-state index contributed by atoms with van der Waals surface area (Å²) in [5.41, 5.74) is 0.816. The Morgan fingerprint density at radius 2 is 2.27 bits per heavy atom. The highest BCUT2D eigenvalue weighted by Crippen LogP contribution is 2.16. The van der Waals surface area contributed by atoms with Crippen LogP contribution in [0.2, 0.25) is 5.02 Å². The van der Waals surface area contributed by atoms with Gasteiger partial charge in [0.25, 0.3) is 0 Å². The van der Waals surface area contributed by atoms with Crippen molar-refractivity contribution in [2.75, 3.05) is 7.05 Å². The van der Waals surface area contributed by atoms with Crippen LogP contribution in [-0.2, 0) is 11.2 Å². The molecule has 2 N–H and O–H groups in total. The van der Waals surface area contributed by atoms with Crippen molar-refractivity contribution in [2.45, 2.75) is 12.8 Å². The summed E-state index contributed by atoms with van der Waals surface area (Å²) in [6.07, 6.45) is 0.787. The molecule has 0 aromatic heterocycles. The van der Waals surface area contributed by atoms with E-state index < -0.39 is 5.82 Å². The third kappa shape index (κ3) is 3.49. The first kappa shape index (κ1) is 11.9. The molecule has 0 aliphatic heterocycles. The summed E-state index contributed by atoms with van der Waals surface area (Å²) in [4.78, 5) is 11.2. The van der Waals surface area contributed by atoms with Crippen LogP contribution in [0.3, 0.4) is 0 Å². The molecule has 5 heteroatoms. The fraction of sp³-hybridized carbons (Fsp3) is 0.300. The minimum absolute atomic E-state index is 0.0704. The first-order valence-corrected chi connectivity index (χ1v) is 4.83. The van der Waals surface area contributed by atoms with Gasteiger partial charge in [-0.05, 0) is 24.1 Å². The highest BCUT2D eigenvalue weighted by Gasteiger charge is 2.06. The fourth-order valence-corrected chi connectivity index (χ4v) is 1.33. The van der Waals surface area contributed by atoms with Crippen LogP contribution < -0.4 is 5.84 Å². The first-order valence-electron chi connectivity index (χ1n) is 4.46. The summed E-state index contributed by atoms with van der Waals surface area (Å²) in [5, 5.41) is 1.10. The van der Waals surface area contributed by atoms with Crippen molar-refractivity contribution < 1.29 is 9.18 Å². The van der Waals surface area contributed by atoms with Gasteiger partial charge in [0.1, 0.15) is 5.82 Å². The van der Waals surface area contributed by atoms with Crippen molar-refractivity contribution >= 4 is 17.5 Å². The zero-order valence-electron chi connectivity index (χ0n) is 8.34. The fourth-order valence-electron chi connectivity index (χ4n) is 1.12. The molecular formula is C10H12ClFN2O. The van der Waals surface area contributed by atoms with E-state index in [-0.39, 0.29) is 17.4 Å². The lowest BCUT2D eigenvalue weighted by Crippen LogP contribution is -2.33. The Morgan fingerprint density at radius 3 is 2.80 bits per heavy atom. The number of rotatable bonds is 3. The molecular weight excluding hydrogens is 219 g/mol. The summed E-state index contributed by atoms with van der Waals surface area (Å²) < 4.78 is 12.8. The van der Waals surface area contributed by atoms with E-state index in [0.717, 1.165) is 10.6 Å². The van der Waals surface area contributed by atoms with Crippen LogP contribution in [0.5, 0.6) is 0 Å². The number of nitrogens with zero attached hydrogens (tertiary/aromatic N) is 1. The number of hydrazine groups is 1. The lowest BCUT2D eigenvalue weighted by molar-refractivity contribution is -0.130. The van der Waals surface area contributed by atoms with Crippen molar-refractivity contribution in [3.8, 4) is 0 Å². The molecule has 0 saturated carbocycles. The SMILES string of the molecule is CN(N)C(=O)CCc1ccc(F)c(Cl)c1. The van der Waals surface area contributed by atoms with Gasteiger partial charge in [0, 0.05) is 13.5 Å². The van der Waals surface area contributed by atoms with Gasteiger partial charge in [0.2, 0.25) is 5.91 Å². The molecule has 0 atom stereocenters. The average Bonchev–Trinajstić information content (AvgIpc) is 2.19. The Hall–Kier alpha value is -1.13. The van der Waals surface area contributed by atoms with Gasteiger partial charge in [-0.1, -0.05) is 17.7 Å². The number of hydrogen-bond acceptors (Lipinski definition) is 2. The topological polar surface area (TPSA) is 46.3 Å². The zero-order chi connectivity index (χ0) is 11.4. The van der Waals surface area contributed by atoms with Crippen LogP contribution in [-0.4, -0.2) is 18.0 Å². The van der Waals surface area contributed by atoms with E-state index in [9.17, 15) is 9.18 Å². The maximum absolute atomic E-state index is 12.8. The van der Waals surface area contributed by atoms with Crippen LogP contribution in [0.1, 0.15) is 12.0 Å². The molecule has 1 aromatic carbocycles. The summed E-state index contributed by atoms with van der Waals surface area (Å²) in [6, 6.07) is 4.40. The second-order valence-corrected chi connectivity index (χ2v) is 3.66. The number of amides is 1. The monoisotopic (exact) mass is 230 g/mol. The largest absolute Gasteiger partial charge is 0.284 e. The number of carbonyl (C=O) groups is 1. The Morgan fingerprint density at radius 1 is 1.60 bits per heavy atom. The molecule has 0 spiro atoms. The highest BCUT2D eigenvalue weighted by atomic mass is 35.5. The second-order valence-electron chi connectivity index (χ2n) is 3.25. The molecule has 0 fully saturated rings. The molecule has 0 bridgehead atoms. The highest BCUT2D eigenvalue weighted by molar-refractivity contribution is 6.30. The van der Waals surface area contributed by atoms with Crippen LogP contribution in [0.15, 0.2) is 18.2 Å². The van der Waals surface area contributed by atoms with Gasteiger partial charge in [-0.2, -0.15) is 0 Å². The standard InChI is InChI=1S/C10H12ClFN2O/c1-14(13)10(15)5-3-7-2-4-9(12)8(11)6-7/h2,4,6H,3,5,13H2,1H3. The van der Waals surface area contributed by atoms with E-state index in [1.807, 2.05) is 0 Å². The Labute approximate surface area is 92.6 Å². The number of halogens is 2. The molecule has 0 saturated heterocycles. The van der Waals surface area contributed by atoms with E-state index in [1.54, 1.807) is 6.07 Å². The van der Waals surface area contributed by atoms with Gasteiger partial charge in [0.05, 0.1) is 5.02 Å².